The minimum absolute atomic E-state index is 0.283. The maximum absolute atomic E-state index is 13.2. The number of amides is 1. The number of hydrogen-bond donors (Lipinski definition) is 1. The van der Waals surface area contributed by atoms with Crippen molar-refractivity contribution in [3.63, 3.8) is 0 Å². The summed E-state index contributed by atoms with van der Waals surface area (Å²) < 4.78 is 18.1. The van der Waals surface area contributed by atoms with Gasteiger partial charge in [0.1, 0.15) is 15.5 Å². The monoisotopic (exact) mass is 427 g/mol. The first-order chi connectivity index (χ1) is 14.5. The van der Waals surface area contributed by atoms with Gasteiger partial charge in [0, 0.05) is 17.5 Å². The zero-order chi connectivity index (χ0) is 21.1. The Labute approximate surface area is 177 Å². The fraction of sp³-hybridized carbons (Fsp3) is 0.318. The van der Waals surface area contributed by atoms with Crippen LogP contribution in [0.1, 0.15) is 45.0 Å². The van der Waals surface area contributed by atoms with Crippen LogP contribution in [-0.2, 0) is 11.3 Å². The maximum atomic E-state index is 13.2. The minimum Gasteiger partial charge on any atom is -0.465 e. The van der Waals surface area contributed by atoms with Gasteiger partial charge in [0.05, 0.1) is 18.5 Å². The topological polar surface area (TPSA) is 71.5 Å². The normalized spacial score (nSPS) is 14.6. The molecule has 0 radical (unpaired) electrons. The zero-order valence-electron chi connectivity index (χ0n) is 16.6. The van der Waals surface area contributed by atoms with Crippen LogP contribution >= 0.6 is 11.3 Å². The Morgan fingerprint density at radius 3 is 2.57 bits per heavy atom. The smallest absolute Gasteiger partial charge is 0.350 e. The van der Waals surface area contributed by atoms with Crippen molar-refractivity contribution in [1.29, 1.82) is 0 Å². The average Bonchev–Trinajstić information content (AvgIpc) is 3.12. The van der Waals surface area contributed by atoms with Crippen molar-refractivity contribution in [3.8, 4) is 0 Å². The standard InChI is InChI=1S/C22H22FN3O3S/c1-29-22(28)19-18(25-20(27)14-5-7-15(23)8-6-14)17-10-9-16(24-21(17)30-19)13-26-11-3-2-4-12-26/h5-10H,2-4,11-13H2,1H3,(H,25,27). The highest BCUT2D eigenvalue weighted by atomic mass is 32.1. The van der Waals surface area contributed by atoms with E-state index in [4.69, 9.17) is 9.72 Å². The lowest BCUT2D eigenvalue weighted by Crippen LogP contribution is -2.29. The highest BCUT2D eigenvalue weighted by Gasteiger charge is 2.23. The van der Waals surface area contributed by atoms with Gasteiger partial charge in [-0.1, -0.05) is 6.42 Å². The van der Waals surface area contributed by atoms with Crippen molar-refractivity contribution >= 4 is 39.1 Å². The molecule has 156 valence electrons. The van der Waals surface area contributed by atoms with Gasteiger partial charge in [-0.2, -0.15) is 0 Å². The second kappa shape index (κ2) is 8.89. The highest BCUT2D eigenvalue weighted by Crippen LogP contribution is 2.36. The Morgan fingerprint density at radius 2 is 1.87 bits per heavy atom. The van der Waals surface area contributed by atoms with E-state index in [0.717, 1.165) is 25.3 Å². The molecule has 0 saturated carbocycles. The van der Waals surface area contributed by atoms with Gasteiger partial charge in [0.15, 0.2) is 0 Å². The van der Waals surface area contributed by atoms with E-state index >= 15 is 0 Å². The summed E-state index contributed by atoms with van der Waals surface area (Å²) in [6.45, 7) is 2.89. The SMILES string of the molecule is COC(=O)c1sc2nc(CN3CCCCC3)ccc2c1NC(=O)c1ccc(F)cc1. The summed E-state index contributed by atoms with van der Waals surface area (Å²) in [6.07, 6.45) is 3.67. The van der Waals surface area contributed by atoms with Crippen LogP contribution < -0.4 is 5.32 Å². The zero-order valence-corrected chi connectivity index (χ0v) is 17.4. The largest absolute Gasteiger partial charge is 0.465 e. The highest BCUT2D eigenvalue weighted by molar-refractivity contribution is 7.21. The molecule has 30 heavy (non-hydrogen) atoms. The molecule has 1 saturated heterocycles. The number of hydrogen-bond acceptors (Lipinski definition) is 6. The third kappa shape index (κ3) is 4.34. The van der Waals surface area contributed by atoms with Gasteiger partial charge in [-0.3, -0.25) is 9.69 Å². The Kier molecular flexibility index (Phi) is 6.06. The Hall–Kier alpha value is -2.84. The van der Waals surface area contributed by atoms with Crippen LogP contribution in [0.2, 0.25) is 0 Å². The molecule has 1 fully saturated rings. The fourth-order valence-corrected chi connectivity index (χ4v) is 4.67. The number of pyridine rings is 1. The average molecular weight is 428 g/mol. The summed E-state index contributed by atoms with van der Waals surface area (Å²) in [4.78, 5) is 33.0. The van der Waals surface area contributed by atoms with Crippen molar-refractivity contribution in [2.45, 2.75) is 25.8 Å². The predicted octanol–water partition coefficient (Wildman–Crippen LogP) is 4.46. The molecule has 0 spiro atoms. The molecule has 0 bridgehead atoms. The number of aromatic nitrogens is 1. The van der Waals surface area contributed by atoms with Gasteiger partial charge in [0.2, 0.25) is 0 Å². The summed E-state index contributed by atoms with van der Waals surface area (Å²) in [7, 11) is 1.30. The summed E-state index contributed by atoms with van der Waals surface area (Å²) >= 11 is 1.19. The van der Waals surface area contributed by atoms with E-state index in [1.165, 1.54) is 62.0 Å². The molecule has 2 aromatic heterocycles. The van der Waals surface area contributed by atoms with Gasteiger partial charge in [0.25, 0.3) is 5.91 Å². The van der Waals surface area contributed by atoms with Crippen molar-refractivity contribution < 1.29 is 18.7 Å². The molecule has 3 heterocycles. The summed E-state index contributed by atoms with van der Waals surface area (Å²) in [5.74, 6) is -1.39. The number of carbonyl (C=O) groups excluding carboxylic acids is 2. The molecule has 1 N–H and O–H groups in total. The first kappa shape index (κ1) is 20.4. The van der Waals surface area contributed by atoms with Crippen LogP contribution in [0.25, 0.3) is 10.2 Å². The van der Waals surface area contributed by atoms with Crippen LogP contribution in [0.4, 0.5) is 10.1 Å². The summed E-state index contributed by atoms with van der Waals surface area (Å²) in [6, 6.07) is 9.04. The summed E-state index contributed by atoms with van der Waals surface area (Å²) in [5.41, 5.74) is 1.59. The second-order valence-electron chi connectivity index (χ2n) is 7.25. The van der Waals surface area contributed by atoms with Crippen LogP contribution in [0.15, 0.2) is 36.4 Å². The van der Waals surface area contributed by atoms with E-state index in [1.54, 1.807) is 0 Å². The Balaban J connectivity index is 1.65. The Bertz CT molecular complexity index is 1080. The van der Waals surface area contributed by atoms with E-state index in [0.29, 0.717) is 21.5 Å². The van der Waals surface area contributed by atoms with Gasteiger partial charge >= 0.3 is 5.97 Å². The van der Waals surface area contributed by atoms with E-state index in [2.05, 4.69) is 10.2 Å². The lowest BCUT2D eigenvalue weighted by atomic mass is 10.1. The molecule has 1 amide bonds. The molecular weight excluding hydrogens is 405 g/mol. The number of halogens is 1. The quantitative estimate of drug-likeness (QED) is 0.609. The number of carbonyl (C=O) groups is 2. The third-order valence-corrected chi connectivity index (χ3v) is 6.24. The lowest BCUT2D eigenvalue weighted by Gasteiger charge is -2.25. The van der Waals surface area contributed by atoms with Gasteiger partial charge in [-0.25, -0.2) is 14.2 Å². The molecule has 3 aromatic rings. The van der Waals surface area contributed by atoms with Crippen LogP contribution in [0, 0.1) is 5.82 Å². The van der Waals surface area contributed by atoms with Crippen molar-refractivity contribution in [3.05, 3.63) is 58.3 Å². The molecule has 0 unspecified atom stereocenters. The first-order valence-electron chi connectivity index (χ1n) is 9.85. The van der Waals surface area contributed by atoms with E-state index in [1.807, 2.05) is 12.1 Å². The van der Waals surface area contributed by atoms with Crippen LogP contribution in [0.3, 0.4) is 0 Å². The number of esters is 1. The number of thiophene rings is 1. The number of ether oxygens (including phenoxy) is 1. The molecule has 1 aromatic carbocycles. The number of anilines is 1. The molecule has 6 nitrogen and oxygen atoms in total. The van der Waals surface area contributed by atoms with Gasteiger partial charge in [-0.05, 0) is 62.3 Å². The molecular formula is C22H22FN3O3S. The van der Waals surface area contributed by atoms with Crippen LogP contribution in [-0.4, -0.2) is 42.0 Å². The van der Waals surface area contributed by atoms with E-state index in [9.17, 15) is 14.0 Å². The van der Waals surface area contributed by atoms with Gasteiger partial charge in [-0.15, -0.1) is 11.3 Å². The number of nitrogens with zero attached hydrogens (tertiary/aromatic N) is 2. The number of methoxy groups -OCH3 is 1. The molecule has 0 atom stereocenters. The molecule has 1 aliphatic heterocycles. The summed E-state index contributed by atoms with van der Waals surface area (Å²) in [5, 5.41) is 3.46. The molecule has 0 aliphatic carbocycles. The number of likely N-dealkylation sites (tertiary alicyclic amines) is 1. The fourth-order valence-electron chi connectivity index (χ4n) is 3.60. The van der Waals surface area contributed by atoms with Gasteiger partial charge < -0.3 is 10.1 Å². The first-order valence-corrected chi connectivity index (χ1v) is 10.7. The molecule has 1 aliphatic rings. The lowest BCUT2D eigenvalue weighted by molar-refractivity contribution is 0.0607. The molecule has 8 heteroatoms. The third-order valence-electron chi connectivity index (χ3n) is 5.16. The maximum Gasteiger partial charge on any atom is 0.350 e. The van der Waals surface area contributed by atoms with Crippen LogP contribution in [0.5, 0.6) is 0 Å². The van der Waals surface area contributed by atoms with Crippen molar-refractivity contribution in [2.24, 2.45) is 0 Å². The number of piperidine rings is 1. The Morgan fingerprint density at radius 1 is 1.13 bits per heavy atom. The number of rotatable bonds is 5. The number of nitrogens with one attached hydrogen (secondary N) is 1. The number of benzene rings is 1. The minimum atomic E-state index is -0.537. The second-order valence-corrected chi connectivity index (χ2v) is 8.25. The van der Waals surface area contributed by atoms with Crippen molar-refractivity contribution in [1.82, 2.24) is 9.88 Å². The predicted molar refractivity (Wildman–Crippen MR) is 114 cm³/mol. The van der Waals surface area contributed by atoms with E-state index < -0.39 is 17.7 Å². The number of fused-ring (bicyclic) bond motifs is 1. The van der Waals surface area contributed by atoms with Crippen molar-refractivity contribution in [2.75, 3.05) is 25.5 Å². The molecule has 4 rings (SSSR count). The van der Waals surface area contributed by atoms with E-state index in [-0.39, 0.29) is 4.88 Å².